The number of hydrogen-bond donors (Lipinski definition) is 1. The monoisotopic (exact) mass is 268 g/mol. The van der Waals surface area contributed by atoms with Crippen LogP contribution in [0.15, 0.2) is 36.2 Å². The van der Waals surface area contributed by atoms with Gasteiger partial charge >= 0.3 is 0 Å². The van der Waals surface area contributed by atoms with Crippen molar-refractivity contribution in [1.29, 1.82) is 0 Å². The molecule has 1 aromatic heterocycles. The number of carbonyl (C=O) groups excluding carboxylic acids is 1. The number of carbonyl (C=O) groups is 1. The van der Waals surface area contributed by atoms with Gasteiger partial charge in [-0.3, -0.25) is 4.79 Å². The zero-order chi connectivity index (χ0) is 14.1. The van der Waals surface area contributed by atoms with Crippen LogP contribution in [0.25, 0.3) is 10.9 Å². The molecule has 1 amide bonds. The molecule has 0 saturated carbocycles. The minimum atomic E-state index is 0.251. The number of nitrogens with zero attached hydrogens (tertiary/aromatic N) is 1. The Kier molecular flexibility index (Phi) is 3.35. The smallest absolute Gasteiger partial charge is 0.227 e. The van der Waals surface area contributed by atoms with Crippen LogP contribution in [0, 0.1) is 6.92 Å². The summed E-state index contributed by atoms with van der Waals surface area (Å²) in [6.45, 7) is 4.89. The summed E-state index contributed by atoms with van der Waals surface area (Å²) in [6, 6.07) is 6.46. The van der Waals surface area contributed by atoms with Crippen LogP contribution < -0.4 is 0 Å². The van der Waals surface area contributed by atoms with Crippen LogP contribution in [0.4, 0.5) is 0 Å². The fourth-order valence-corrected chi connectivity index (χ4v) is 2.89. The number of aromatic amines is 1. The molecular formula is C17H20N2O. The molecule has 104 valence electrons. The van der Waals surface area contributed by atoms with E-state index in [-0.39, 0.29) is 5.91 Å². The number of benzene rings is 1. The summed E-state index contributed by atoms with van der Waals surface area (Å²) in [6.07, 6.45) is 6.63. The second-order valence-electron chi connectivity index (χ2n) is 5.54. The van der Waals surface area contributed by atoms with Gasteiger partial charge < -0.3 is 9.88 Å². The maximum Gasteiger partial charge on any atom is 0.227 e. The normalized spacial score (nSPS) is 15.8. The lowest BCUT2D eigenvalue weighted by Crippen LogP contribution is -2.33. The molecule has 0 aliphatic carbocycles. The maximum absolute atomic E-state index is 11.9. The predicted octanol–water partition coefficient (Wildman–Crippen LogP) is 3.55. The van der Waals surface area contributed by atoms with Crippen LogP contribution in [0.3, 0.4) is 0 Å². The van der Waals surface area contributed by atoms with Crippen LogP contribution in [-0.4, -0.2) is 22.3 Å². The van der Waals surface area contributed by atoms with Crippen LogP contribution in [-0.2, 0) is 11.2 Å². The molecule has 2 aromatic rings. The summed E-state index contributed by atoms with van der Waals surface area (Å²) in [7, 11) is 0. The van der Waals surface area contributed by atoms with Gasteiger partial charge in [0.2, 0.25) is 5.91 Å². The third kappa shape index (κ3) is 2.36. The van der Waals surface area contributed by atoms with Crippen molar-refractivity contribution in [2.45, 2.75) is 33.1 Å². The highest BCUT2D eigenvalue weighted by atomic mass is 16.2. The molecule has 3 heteroatoms. The zero-order valence-corrected chi connectivity index (χ0v) is 12.1. The largest absolute Gasteiger partial charge is 0.361 e. The first-order valence-corrected chi connectivity index (χ1v) is 7.19. The van der Waals surface area contributed by atoms with Gasteiger partial charge in [0.05, 0.1) is 0 Å². The zero-order valence-electron chi connectivity index (χ0n) is 12.1. The highest BCUT2D eigenvalue weighted by Crippen LogP contribution is 2.22. The second kappa shape index (κ2) is 5.16. The SMILES string of the molecule is CC1=CCCC(=O)N1CCc1c[nH]c2cc(C)ccc12. The van der Waals surface area contributed by atoms with Gasteiger partial charge in [-0.2, -0.15) is 0 Å². The fourth-order valence-electron chi connectivity index (χ4n) is 2.89. The average Bonchev–Trinajstić information content (AvgIpc) is 2.80. The molecular weight excluding hydrogens is 248 g/mol. The van der Waals surface area contributed by atoms with Crippen molar-refractivity contribution >= 4 is 16.8 Å². The summed E-state index contributed by atoms with van der Waals surface area (Å²) in [4.78, 5) is 17.2. The minimum Gasteiger partial charge on any atom is -0.361 e. The van der Waals surface area contributed by atoms with Crippen LogP contribution >= 0.6 is 0 Å². The summed E-state index contributed by atoms with van der Waals surface area (Å²) >= 11 is 0. The van der Waals surface area contributed by atoms with E-state index in [2.05, 4.69) is 42.4 Å². The number of nitrogens with one attached hydrogen (secondary N) is 1. The molecule has 3 rings (SSSR count). The van der Waals surface area contributed by atoms with Crippen molar-refractivity contribution in [3.8, 4) is 0 Å². The van der Waals surface area contributed by atoms with Crippen LogP contribution in [0.5, 0.6) is 0 Å². The number of rotatable bonds is 3. The highest BCUT2D eigenvalue weighted by molar-refractivity contribution is 5.84. The molecule has 1 aliphatic rings. The van der Waals surface area contributed by atoms with Crippen molar-refractivity contribution in [3.63, 3.8) is 0 Å². The first-order chi connectivity index (χ1) is 9.65. The molecule has 2 heterocycles. The molecule has 0 unspecified atom stereocenters. The van der Waals surface area contributed by atoms with Gasteiger partial charge in [-0.25, -0.2) is 0 Å². The van der Waals surface area contributed by atoms with E-state index in [1.807, 2.05) is 11.8 Å². The lowest BCUT2D eigenvalue weighted by Gasteiger charge is -2.26. The van der Waals surface area contributed by atoms with E-state index in [9.17, 15) is 4.79 Å². The Hall–Kier alpha value is -2.03. The quantitative estimate of drug-likeness (QED) is 0.908. The number of aromatic nitrogens is 1. The van der Waals surface area contributed by atoms with Gasteiger partial charge in [-0.05, 0) is 43.9 Å². The van der Waals surface area contributed by atoms with Crippen molar-refractivity contribution in [2.75, 3.05) is 6.54 Å². The Labute approximate surface area is 119 Å². The lowest BCUT2D eigenvalue weighted by atomic mass is 10.1. The topological polar surface area (TPSA) is 36.1 Å². The Morgan fingerprint density at radius 1 is 1.30 bits per heavy atom. The number of amides is 1. The van der Waals surface area contributed by atoms with Gasteiger partial charge in [0.15, 0.2) is 0 Å². The Morgan fingerprint density at radius 2 is 2.15 bits per heavy atom. The van der Waals surface area contributed by atoms with Crippen molar-refractivity contribution in [1.82, 2.24) is 9.88 Å². The molecule has 0 saturated heterocycles. The standard InChI is InChI=1S/C17H20N2O/c1-12-6-7-15-14(11-18-16(15)10-12)8-9-19-13(2)4-3-5-17(19)20/h4,6-7,10-11,18H,3,5,8-9H2,1-2H3. The first-order valence-electron chi connectivity index (χ1n) is 7.19. The summed E-state index contributed by atoms with van der Waals surface area (Å²) in [5.74, 6) is 0.251. The van der Waals surface area contributed by atoms with Crippen molar-refractivity contribution < 1.29 is 4.79 Å². The number of hydrogen-bond acceptors (Lipinski definition) is 1. The van der Waals surface area contributed by atoms with E-state index < -0.39 is 0 Å². The third-order valence-electron chi connectivity index (χ3n) is 4.05. The number of H-pyrrole nitrogens is 1. The van der Waals surface area contributed by atoms with E-state index in [0.717, 1.165) is 25.1 Å². The molecule has 0 fully saturated rings. The molecule has 3 nitrogen and oxygen atoms in total. The van der Waals surface area contributed by atoms with Crippen LogP contribution in [0.1, 0.15) is 30.9 Å². The van der Waals surface area contributed by atoms with Crippen molar-refractivity contribution in [2.24, 2.45) is 0 Å². The Bertz CT molecular complexity index is 681. The molecule has 0 radical (unpaired) electrons. The third-order valence-corrected chi connectivity index (χ3v) is 4.05. The molecule has 0 atom stereocenters. The summed E-state index contributed by atoms with van der Waals surface area (Å²) in [5, 5.41) is 1.27. The first kappa shape index (κ1) is 13.0. The lowest BCUT2D eigenvalue weighted by molar-refractivity contribution is -0.129. The predicted molar refractivity (Wildman–Crippen MR) is 81.4 cm³/mol. The van der Waals surface area contributed by atoms with Gasteiger partial charge in [-0.1, -0.05) is 18.2 Å². The number of aryl methyl sites for hydroxylation is 1. The second-order valence-corrected chi connectivity index (χ2v) is 5.54. The molecule has 20 heavy (non-hydrogen) atoms. The van der Waals surface area contributed by atoms with E-state index in [1.54, 1.807) is 0 Å². The van der Waals surface area contributed by atoms with Crippen molar-refractivity contribution in [3.05, 3.63) is 47.3 Å². The molecule has 1 aliphatic heterocycles. The fraction of sp³-hybridized carbons (Fsp3) is 0.353. The molecule has 0 bridgehead atoms. The van der Waals surface area contributed by atoms with E-state index >= 15 is 0 Å². The molecule has 0 spiro atoms. The van der Waals surface area contributed by atoms with E-state index in [0.29, 0.717) is 6.42 Å². The summed E-state index contributed by atoms with van der Waals surface area (Å²) < 4.78 is 0. The van der Waals surface area contributed by atoms with Gasteiger partial charge in [0.25, 0.3) is 0 Å². The minimum absolute atomic E-state index is 0.251. The highest BCUT2D eigenvalue weighted by Gasteiger charge is 2.18. The van der Waals surface area contributed by atoms with Gasteiger partial charge in [0, 0.05) is 35.8 Å². The van der Waals surface area contributed by atoms with E-state index in [1.165, 1.54) is 22.0 Å². The Balaban J connectivity index is 1.78. The van der Waals surface area contributed by atoms with Gasteiger partial charge in [-0.15, -0.1) is 0 Å². The number of allylic oxidation sites excluding steroid dienone is 2. The summed E-state index contributed by atoms with van der Waals surface area (Å²) in [5.41, 5.74) is 4.82. The molecule has 1 N–H and O–H groups in total. The van der Waals surface area contributed by atoms with Gasteiger partial charge in [0.1, 0.15) is 0 Å². The Morgan fingerprint density at radius 3 is 2.95 bits per heavy atom. The van der Waals surface area contributed by atoms with E-state index in [4.69, 9.17) is 0 Å². The number of fused-ring (bicyclic) bond motifs is 1. The molecule has 1 aromatic carbocycles. The maximum atomic E-state index is 11.9. The van der Waals surface area contributed by atoms with Crippen LogP contribution in [0.2, 0.25) is 0 Å². The average molecular weight is 268 g/mol.